The minimum Gasteiger partial charge on any atom is -0.497 e. The van der Waals surface area contributed by atoms with E-state index in [0.29, 0.717) is 22.7 Å². The molecule has 3 N–H and O–H groups in total. The van der Waals surface area contributed by atoms with Gasteiger partial charge < -0.3 is 20.7 Å². The molecular weight excluding hydrogens is 372 g/mol. The summed E-state index contributed by atoms with van der Waals surface area (Å²) in [6.45, 7) is 0. The zero-order valence-electron chi connectivity index (χ0n) is 15.6. The number of pyridine rings is 1. The van der Waals surface area contributed by atoms with Gasteiger partial charge in [0.05, 0.1) is 42.2 Å². The van der Waals surface area contributed by atoms with Crippen LogP contribution in [0.5, 0.6) is 5.75 Å². The fourth-order valence-electron chi connectivity index (χ4n) is 3.15. The lowest BCUT2D eigenvalue weighted by Gasteiger charge is -2.14. The number of rotatable bonds is 4. The van der Waals surface area contributed by atoms with Crippen LogP contribution in [0.2, 0.25) is 0 Å². The van der Waals surface area contributed by atoms with E-state index in [4.69, 9.17) is 4.74 Å². The Bertz CT molecular complexity index is 1130. The largest absolute Gasteiger partial charge is 0.497 e. The lowest BCUT2D eigenvalue weighted by Crippen LogP contribution is -2.43. The molecule has 0 aliphatic carbocycles. The Labute approximate surface area is 166 Å². The lowest BCUT2D eigenvalue weighted by molar-refractivity contribution is -0.122. The zero-order valence-corrected chi connectivity index (χ0v) is 15.6. The van der Waals surface area contributed by atoms with Crippen LogP contribution in [0.15, 0.2) is 54.7 Å². The van der Waals surface area contributed by atoms with Crippen molar-refractivity contribution in [2.75, 3.05) is 17.7 Å². The Morgan fingerprint density at radius 1 is 1.17 bits per heavy atom. The van der Waals surface area contributed by atoms with E-state index in [1.165, 1.54) is 6.20 Å². The smallest absolute Gasteiger partial charge is 0.254 e. The van der Waals surface area contributed by atoms with Gasteiger partial charge >= 0.3 is 0 Å². The highest BCUT2D eigenvalue weighted by atomic mass is 16.5. The van der Waals surface area contributed by atoms with Gasteiger partial charge in [0.1, 0.15) is 11.8 Å². The molecule has 0 saturated carbocycles. The number of fused-ring (bicyclic) bond motifs is 2. The van der Waals surface area contributed by atoms with Crippen molar-refractivity contribution in [1.29, 1.82) is 0 Å². The number of para-hydroxylation sites is 1. The number of aromatic nitrogens is 1. The van der Waals surface area contributed by atoms with Gasteiger partial charge in [-0.2, -0.15) is 0 Å². The molecule has 3 aromatic rings. The van der Waals surface area contributed by atoms with Crippen molar-refractivity contribution < 1.29 is 19.1 Å². The number of anilines is 2. The molecule has 8 nitrogen and oxygen atoms in total. The minimum atomic E-state index is -0.979. The van der Waals surface area contributed by atoms with Crippen LogP contribution in [0.3, 0.4) is 0 Å². The third-order valence-electron chi connectivity index (χ3n) is 4.62. The average Bonchev–Trinajstić information content (AvgIpc) is 2.84. The Hall–Kier alpha value is -3.94. The number of benzene rings is 2. The monoisotopic (exact) mass is 390 g/mol. The first-order valence-corrected chi connectivity index (χ1v) is 8.98. The first-order valence-electron chi connectivity index (χ1n) is 8.98. The second-order valence-electron chi connectivity index (χ2n) is 6.60. The van der Waals surface area contributed by atoms with Gasteiger partial charge in [0.2, 0.25) is 11.8 Å². The molecule has 0 spiro atoms. The standard InChI is InChI=1S/C21H18N4O4/c1-29-14-7-6-12-8-13(11-22-17(12)9-14)23-19(26)10-18-21(28)24-16-5-3-2-4-15(16)20(27)25-18/h2-9,11,18H,10H2,1H3,(H,23,26)(H,24,28)(H,25,27)/t18-/m0/s1. The highest BCUT2D eigenvalue weighted by molar-refractivity contribution is 6.11. The number of nitrogens with zero attached hydrogens (tertiary/aromatic N) is 1. The van der Waals surface area contributed by atoms with E-state index >= 15 is 0 Å². The highest BCUT2D eigenvalue weighted by Crippen LogP contribution is 2.22. The number of ether oxygens (including phenoxy) is 1. The summed E-state index contributed by atoms with van der Waals surface area (Å²) in [4.78, 5) is 41.5. The molecule has 4 rings (SSSR count). The molecule has 1 aromatic heterocycles. The van der Waals surface area contributed by atoms with E-state index in [1.807, 2.05) is 6.07 Å². The number of methoxy groups -OCH3 is 1. The van der Waals surface area contributed by atoms with Crippen LogP contribution < -0.4 is 20.7 Å². The minimum absolute atomic E-state index is 0.202. The van der Waals surface area contributed by atoms with Gasteiger partial charge in [-0.15, -0.1) is 0 Å². The topological polar surface area (TPSA) is 109 Å². The summed E-state index contributed by atoms with van der Waals surface area (Å²) in [6.07, 6.45) is 1.33. The van der Waals surface area contributed by atoms with E-state index < -0.39 is 23.8 Å². The summed E-state index contributed by atoms with van der Waals surface area (Å²) in [5, 5.41) is 8.84. The Balaban J connectivity index is 1.46. The molecule has 1 aliphatic heterocycles. The van der Waals surface area contributed by atoms with Gasteiger partial charge in [0, 0.05) is 11.5 Å². The van der Waals surface area contributed by atoms with Crippen LogP contribution in [0, 0.1) is 0 Å². The molecule has 146 valence electrons. The predicted octanol–water partition coefficient (Wildman–Crippen LogP) is 2.32. The molecule has 1 aliphatic rings. The average molecular weight is 390 g/mol. The predicted molar refractivity (Wildman–Crippen MR) is 108 cm³/mol. The van der Waals surface area contributed by atoms with Crippen molar-refractivity contribution >= 4 is 40.0 Å². The molecule has 2 aromatic carbocycles. The fraction of sp³-hybridized carbons (Fsp3) is 0.143. The van der Waals surface area contributed by atoms with Gasteiger partial charge in [0.15, 0.2) is 0 Å². The van der Waals surface area contributed by atoms with Crippen LogP contribution in [-0.2, 0) is 9.59 Å². The summed E-state index contributed by atoms with van der Waals surface area (Å²) in [7, 11) is 1.58. The molecule has 1 atom stereocenters. The number of carbonyl (C=O) groups is 3. The zero-order chi connectivity index (χ0) is 20.4. The lowest BCUT2D eigenvalue weighted by atomic mass is 10.1. The number of nitrogens with one attached hydrogen (secondary N) is 3. The maximum atomic E-state index is 12.5. The van der Waals surface area contributed by atoms with Crippen molar-refractivity contribution in [3.63, 3.8) is 0 Å². The highest BCUT2D eigenvalue weighted by Gasteiger charge is 2.29. The Morgan fingerprint density at radius 3 is 2.83 bits per heavy atom. The van der Waals surface area contributed by atoms with E-state index in [-0.39, 0.29) is 6.42 Å². The van der Waals surface area contributed by atoms with Crippen LogP contribution in [0.25, 0.3) is 10.9 Å². The van der Waals surface area contributed by atoms with Gasteiger partial charge in [0.25, 0.3) is 5.91 Å². The number of hydrogen-bond acceptors (Lipinski definition) is 5. The van der Waals surface area contributed by atoms with Crippen molar-refractivity contribution in [3.05, 3.63) is 60.3 Å². The molecular formula is C21H18N4O4. The fourth-order valence-corrected chi connectivity index (χ4v) is 3.15. The van der Waals surface area contributed by atoms with E-state index in [1.54, 1.807) is 49.6 Å². The normalized spacial score (nSPS) is 15.7. The molecule has 0 fully saturated rings. The first-order chi connectivity index (χ1) is 14.0. The maximum absolute atomic E-state index is 12.5. The van der Waals surface area contributed by atoms with Crippen molar-refractivity contribution in [2.24, 2.45) is 0 Å². The van der Waals surface area contributed by atoms with Gasteiger partial charge in [-0.05, 0) is 30.3 Å². The summed E-state index contributed by atoms with van der Waals surface area (Å²) in [5.41, 5.74) is 2.01. The second-order valence-corrected chi connectivity index (χ2v) is 6.60. The third kappa shape index (κ3) is 3.86. The Kier molecular flexibility index (Phi) is 4.82. The molecule has 8 heteroatoms. The van der Waals surface area contributed by atoms with E-state index in [9.17, 15) is 14.4 Å². The van der Waals surface area contributed by atoms with E-state index in [2.05, 4.69) is 20.9 Å². The van der Waals surface area contributed by atoms with Gasteiger partial charge in [-0.1, -0.05) is 12.1 Å². The summed E-state index contributed by atoms with van der Waals surface area (Å²) in [6, 6.07) is 12.9. The van der Waals surface area contributed by atoms with Crippen molar-refractivity contribution in [2.45, 2.75) is 12.5 Å². The summed E-state index contributed by atoms with van der Waals surface area (Å²) >= 11 is 0. The van der Waals surface area contributed by atoms with Crippen LogP contribution in [-0.4, -0.2) is 35.9 Å². The second kappa shape index (κ2) is 7.59. The third-order valence-corrected chi connectivity index (χ3v) is 4.62. The number of carbonyl (C=O) groups excluding carboxylic acids is 3. The van der Waals surface area contributed by atoms with Crippen molar-refractivity contribution in [1.82, 2.24) is 10.3 Å². The quantitative estimate of drug-likeness (QED) is 0.633. The van der Waals surface area contributed by atoms with Crippen LogP contribution in [0.4, 0.5) is 11.4 Å². The van der Waals surface area contributed by atoms with Gasteiger partial charge in [-0.25, -0.2) is 0 Å². The van der Waals surface area contributed by atoms with Crippen LogP contribution >= 0.6 is 0 Å². The molecule has 0 saturated heterocycles. The number of amides is 3. The maximum Gasteiger partial charge on any atom is 0.254 e. The molecule has 0 bridgehead atoms. The molecule has 2 heterocycles. The first kappa shape index (κ1) is 18.4. The van der Waals surface area contributed by atoms with Crippen LogP contribution in [0.1, 0.15) is 16.8 Å². The molecule has 29 heavy (non-hydrogen) atoms. The van der Waals surface area contributed by atoms with Crippen molar-refractivity contribution in [3.8, 4) is 5.75 Å². The SMILES string of the molecule is COc1ccc2cc(NC(=O)C[C@@H]3NC(=O)c4ccccc4NC3=O)cnc2c1. The molecule has 0 unspecified atom stereocenters. The summed E-state index contributed by atoms with van der Waals surface area (Å²) < 4.78 is 5.17. The summed E-state index contributed by atoms with van der Waals surface area (Å²) in [5.74, 6) is -0.566. The van der Waals surface area contributed by atoms with Gasteiger partial charge in [-0.3, -0.25) is 19.4 Å². The molecule has 0 radical (unpaired) electrons. The van der Waals surface area contributed by atoms with E-state index in [0.717, 1.165) is 10.9 Å². The Morgan fingerprint density at radius 2 is 2.00 bits per heavy atom. The molecule has 3 amide bonds. The number of hydrogen-bond donors (Lipinski definition) is 3.